The normalized spacial score (nSPS) is 11.4. The number of carbonyl (C=O) groups excluding carboxylic acids is 1. The number of Topliss-reactive ketones (excluding diaryl/α,β-unsaturated/α-hetero) is 1. The van der Waals surface area contributed by atoms with E-state index in [0.29, 0.717) is 0 Å². The van der Waals surface area contributed by atoms with Crippen LogP contribution in [0.4, 0.5) is 0 Å². The largest absolute Gasteiger partial charge is 0.504 e. The summed E-state index contributed by atoms with van der Waals surface area (Å²) in [6.07, 6.45) is 2.56. The van der Waals surface area contributed by atoms with Gasteiger partial charge in [-0.2, -0.15) is 0 Å². The van der Waals surface area contributed by atoms with Crippen molar-refractivity contribution in [3.63, 3.8) is 0 Å². The quantitative estimate of drug-likeness (QED) is 0.572. The number of rotatable bonds is 4. The highest BCUT2D eigenvalue weighted by Gasteiger charge is 2.04. The van der Waals surface area contributed by atoms with Gasteiger partial charge in [0, 0.05) is 5.56 Å². The average Bonchev–Trinajstić information content (AvgIpc) is 2.21. The molecule has 0 saturated carbocycles. The number of benzene rings is 1. The Morgan fingerprint density at radius 3 is 2.62 bits per heavy atom. The SMILES string of the molecule is CO/C=C(\C)Cc1cc(C(C)=O)ccc1C. The van der Waals surface area contributed by atoms with E-state index in [9.17, 15) is 4.79 Å². The molecule has 2 nitrogen and oxygen atoms in total. The molecule has 0 unspecified atom stereocenters. The molecule has 0 heterocycles. The van der Waals surface area contributed by atoms with Crippen LogP contribution in [0.2, 0.25) is 0 Å². The van der Waals surface area contributed by atoms with Crippen molar-refractivity contribution in [2.75, 3.05) is 7.11 Å². The van der Waals surface area contributed by atoms with Crippen LogP contribution in [0.15, 0.2) is 30.0 Å². The molecule has 0 saturated heterocycles. The average molecular weight is 218 g/mol. The number of allylic oxidation sites excluding steroid dienone is 1. The molecule has 1 aromatic carbocycles. The second-order valence-electron chi connectivity index (χ2n) is 4.07. The Hall–Kier alpha value is -1.57. The summed E-state index contributed by atoms with van der Waals surface area (Å²) in [5.41, 5.74) is 4.30. The van der Waals surface area contributed by atoms with Crippen LogP contribution in [-0.2, 0) is 11.2 Å². The first-order valence-electron chi connectivity index (χ1n) is 5.33. The number of hydrogen-bond donors (Lipinski definition) is 0. The molecule has 0 aliphatic rings. The molecule has 0 aliphatic heterocycles. The van der Waals surface area contributed by atoms with Gasteiger partial charge in [-0.3, -0.25) is 4.79 Å². The Balaban J connectivity index is 2.99. The van der Waals surface area contributed by atoms with Crippen LogP contribution in [-0.4, -0.2) is 12.9 Å². The van der Waals surface area contributed by atoms with Gasteiger partial charge in [-0.1, -0.05) is 12.1 Å². The monoisotopic (exact) mass is 218 g/mol. The maximum Gasteiger partial charge on any atom is 0.159 e. The molecular formula is C14H18O2. The minimum atomic E-state index is 0.106. The van der Waals surface area contributed by atoms with Crippen molar-refractivity contribution >= 4 is 5.78 Å². The first-order chi connectivity index (χ1) is 7.54. The molecule has 0 bridgehead atoms. The van der Waals surface area contributed by atoms with Gasteiger partial charge in [-0.05, 0) is 50.0 Å². The van der Waals surface area contributed by atoms with E-state index < -0.39 is 0 Å². The van der Waals surface area contributed by atoms with Gasteiger partial charge in [0.1, 0.15) is 0 Å². The number of hydrogen-bond acceptors (Lipinski definition) is 2. The third kappa shape index (κ3) is 3.23. The van der Waals surface area contributed by atoms with Crippen molar-refractivity contribution in [2.24, 2.45) is 0 Å². The zero-order valence-electron chi connectivity index (χ0n) is 10.3. The zero-order valence-corrected chi connectivity index (χ0v) is 10.3. The smallest absolute Gasteiger partial charge is 0.159 e. The minimum absolute atomic E-state index is 0.106. The second-order valence-corrected chi connectivity index (χ2v) is 4.07. The Morgan fingerprint density at radius 2 is 2.06 bits per heavy atom. The highest BCUT2D eigenvalue weighted by molar-refractivity contribution is 5.94. The molecule has 1 rings (SSSR count). The molecule has 0 fully saturated rings. The molecule has 16 heavy (non-hydrogen) atoms. The van der Waals surface area contributed by atoms with E-state index in [1.54, 1.807) is 20.3 Å². The number of ketones is 1. The number of aryl methyl sites for hydroxylation is 1. The van der Waals surface area contributed by atoms with Crippen molar-refractivity contribution in [1.82, 2.24) is 0 Å². The Bertz CT molecular complexity index is 417. The number of carbonyl (C=O) groups is 1. The van der Waals surface area contributed by atoms with Crippen LogP contribution in [0.3, 0.4) is 0 Å². The van der Waals surface area contributed by atoms with Crippen LogP contribution in [0.25, 0.3) is 0 Å². The van der Waals surface area contributed by atoms with E-state index in [0.717, 1.165) is 17.6 Å². The molecule has 1 aromatic rings. The fourth-order valence-electron chi connectivity index (χ4n) is 1.62. The highest BCUT2D eigenvalue weighted by atomic mass is 16.5. The number of ether oxygens (including phenoxy) is 1. The van der Waals surface area contributed by atoms with Crippen LogP contribution in [0.5, 0.6) is 0 Å². The number of methoxy groups -OCH3 is 1. The molecule has 0 spiro atoms. The summed E-state index contributed by atoms with van der Waals surface area (Å²) in [7, 11) is 1.64. The van der Waals surface area contributed by atoms with Gasteiger partial charge in [-0.15, -0.1) is 0 Å². The van der Waals surface area contributed by atoms with Crippen LogP contribution in [0.1, 0.15) is 35.3 Å². The van der Waals surface area contributed by atoms with E-state index >= 15 is 0 Å². The van der Waals surface area contributed by atoms with Gasteiger partial charge in [0.05, 0.1) is 13.4 Å². The summed E-state index contributed by atoms with van der Waals surface area (Å²) >= 11 is 0. The predicted octanol–water partition coefficient (Wildman–Crippen LogP) is 3.29. The van der Waals surface area contributed by atoms with E-state index in [-0.39, 0.29) is 5.78 Å². The van der Waals surface area contributed by atoms with Gasteiger partial charge >= 0.3 is 0 Å². The molecular weight excluding hydrogens is 200 g/mol. The summed E-state index contributed by atoms with van der Waals surface area (Å²) < 4.78 is 4.96. The first kappa shape index (κ1) is 12.5. The summed E-state index contributed by atoms with van der Waals surface area (Å²) in [5.74, 6) is 0.106. The van der Waals surface area contributed by atoms with Gasteiger partial charge in [0.25, 0.3) is 0 Å². The molecule has 0 atom stereocenters. The Labute approximate surface area is 96.9 Å². The van der Waals surface area contributed by atoms with Crippen molar-refractivity contribution in [3.8, 4) is 0 Å². The molecule has 86 valence electrons. The van der Waals surface area contributed by atoms with E-state index in [1.165, 1.54) is 11.1 Å². The third-order valence-electron chi connectivity index (χ3n) is 2.54. The van der Waals surface area contributed by atoms with Crippen molar-refractivity contribution < 1.29 is 9.53 Å². The third-order valence-corrected chi connectivity index (χ3v) is 2.54. The molecule has 0 amide bonds. The standard InChI is InChI=1S/C14H18O2/c1-10(9-16-4)7-14-8-13(12(3)15)6-5-11(14)2/h5-6,8-9H,7H2,1-4H3/b10-9+. The lowest BCUT2D eigenvalue weighted by molar-refractivity contribution is 0.101. The fourth-order valence-corrected chi connectivity index (χ4v) is 1.62. The van der Waals surface area contributed by atoms with Gasteiger partial charge in [0.2, 0.25) is 0 Å². The summed E-state index contributed by atoms with van der Waals surface area (Å²) in [4.78, 5) is 11.3. The topological polar surface area (TPSA) is 26.3 Å². The summed E-state index contributed by atoms with van der Waals surface area (Å²) in [6, 6.07) is 5.83. The summed E-state index contributed by atoms with van der Waals surface area (Å²) in [5, 5.41) is 0. The van der Waals surface area contributed by atoms with Crippen molar-refractivity contribution in [1.29, 1.82) is 0 Å². The van der Waals surface area contributed by atoms with Crippen LogP contribution in [0, 0.1) is 6.92 Å². The van der Waals surface area contributed by atoms with Crippen molar-refractivity contribution in [3.05, 3.63) is 46.7 Å². The molecule has 0 aliphatic carbocycles. The molecule has 0 aromatic heterocycles. The lowest BCUT2D eigenvalue weighted by atomic mass is 9.98. The van der Waals surface area contributed by atoms with Crippen LogP contribution >= 0.6 is 0 Å². The first-order valence-corrected chi connectivity index (χ1v) is 5.33. The van der Waals surface area contributed by atoms with Gasteiger partial charge < -0.3 is 4.74 Å². The zero-order chi connectivity index (χ0) is 12.1. The fraction of sp³-hybridized carbons (Fsp3) is 0.357. The second kappa shape index (κ2) is 5.50. The maximum atomic E-state index is 11.3. The van der Waals surface area contributed by atoms with E-state index in [2.05, 4.69) is 6.92 Å². The van der Waals surface area contributed by atoms with Crippen molar-refractivity contribution in [2.45, 2.75) is 27.2 Å². The van der Waals surface area contributed by atoms with Crippen LogP contribution < -0.4 is 0 Å². The van der Waals surface area contributed by atoms with E-state index in [4.69, 9.17) is 4.74 Å². The Morgan fingerprint density at radius 1 is 1.38 bits per heavy atom. The molecule has 2 heteroatoms. The minimum Gasteiger partial charge on any atom is -0.504 e. The Kier molecular flexibility index (Phi) is 4.29. The van der Waals surface area contributed by atoms with E-state index in [1.807, 2.05) is 25.1 Å². The molecule has 0 radical (unpaired) electrons. The predicted molar refractivity (Wildman–Crippen MR) is 65.7 cm³/mol. The van der Waals surface area contributed by atoms with Gasteiger partial charge in [0.15, 0.2) is 5.78 Å². The highest BCUT2D eigenvalue weighted by Crippen LogP contribution is 2.15. The molecule has 0 N–H and O–H groups in total. The summed E-state index contributed by atoms with van der Waals surface area (Å²) in [6.45, 7) is 5.66. The maximum absolute atomic E-state index is 11.3. The lowest BCUT2D eigenvalue weighted by Gasteiger charge is -2.07. The van der Waals surface area contributed by atoms with Gasteiger partial charge in [-0.25, -0.2) is 0 Å². The lowest BCUT2D eigenvalue weighted by Crippen LogP contribution is -1.97.